The molecule has 0 aliphatic heterocycles. The number of hydrogen-bond donors (Lipinski definition) is 2. The maximum atomic E-state index is 11.4. The van der Waals surface area contributed by atoms with Crippen molar-refractivity contribution in [2.24, 2.45) is 0 Å². The van der Waals surface area contributed by atoms with E-state index in [1.54, 1.807) is 12.3 Å². The number of carbonyl (C=O) groups is 1. The average molecular weight is 484 g/mol. The zero-order valence-corrected chi connectivity index (χ0v) is 21.9. The molecule has 0 aliphatic carbocycles. The molecular formula is C21H34ClN5O4Si. The lowest BCUT2D eigenvalue weighted by atomic mass is 10.1. The Bertz CT molecular complexity index is 937. The molecule has 2 heterocycles. The summed E-state index contributed by atoms with van der Waals surface area (Å²) < 4.78 is 11.9. The van der Waals surface area contributed by atoms with Crippen LogP contribution in [0, 0.1) is 0 Å². The van der Waals surface area contributed by atoms with Crippen LogP contribution < -0.4 is 5.32 Å². The molecule has 0 aliphatic rings. The van der Waals surface area contributed by atoms with Crippen molar-refractivity contribution in [3.8, 4) is 11.5 Å². The Kier molecular flexibility index (Phi) is 7.95. The minimum atomic E-state index is -1.92. The molecule has 0 saturated heterocycles. The first kappa shape index (κ1) is 26.1. The zero-order valence-electron chi connectivity index (χ0n) is 20.1. The van der Waals surface area contributed by atoms with Crippen LogP contribution in [0.4, 0.5) is 10.6 Å². The maximum Gasteiger partial charge on any atom is 0.407 e. The Morgan fingerprint density at radius 3 is 2.44 bits per heavy atom. The molecule has 2 rings (SSSR count). The molecule has 0 radical (unpaired) electrons. The molecule has 0 bridgehead atoms. The first-order valence-electron chi connectivity index (χ1n) is 10.5. The molecule has 11 heteroatoms. The van der Waals surface area contributed by atoms with E-state index in [-0.39, 0.29) is 11.6 Å². The van der Waals surface area contributed by atoms with Gasteiger partial charge in [0, 0.05) is 24.8 Å². The number of amides is 1. The highest BCUT2D eigenvalue weighted by Gasteiger charge is 2.37. The van der Waals surface area contributed by atoms with Gasteiger partial charge in [0.15, 0.2) is 8.32 Å². The van der Waals surface area contributed by atoms with Gasteiger partial charge in [0.2, 0.25) is 11.8 Å². The minimum absolute atomic E-state index is 0.0878. The van der Waals surface area contributed by atoms with Gasteiger partial charge in [0.05, 0.1) is 10.6 Å². The first-order chi connectivity index (χ1) is 14.6. The van der Waals surface area contributed by atoms with Crippen molar-refractivity contribution in [2.75, 3.05) is 18.4 Å². The molecule has 0 spiro atoms. The standard InChI is InChI=1S/C21H34ClN5O4Si/c1-20(2,3)27(19(28)29)10-9-23-17-15(22)11-14(12-24-17)18-26-25-16(31-18)13-30-32(7,8)21(4,5)6/h11-12H,9-10,13H2,1-8H3,(H,23,24)(H,28,29). The SMILES string of the molecule is CC(C)(C)N(CCNc1ncc(-c2nnc(CO[Si](C)(C)C(C)(C)C)o2)cc1Cl)C(=O)O. The zero-order chi connectivity index (χ0) is 24.3. The van der Waals surface area contributed by atoms with E-state index in [1.165, 1.54) is 4.90 Å². The van der Waals surface area contributed by atoms with Gasteiger partial charge >= 0.3 is 6.09 Å². The summed E-state index contributed by atoms with van der Waals surface area (Å²) in [6.45, 7) is 17.3. The third-order valence-electron chi connectivity index (χ3n) is 5.59. The predicted molar refractivity (Wildman–Crippen MR) is 127 cm³/mol. The number of nitrogens with zero attached hydrogens (tertiary/aromatic N) is 4. The van der Waals surface area contributed by atoms with Gasteiger partial charge in [-0.2, -0.15) is 0 Å². The third kappa shape index (κ3) is 6.66. The van der Waals surface area contributed by atoms with Crippen LogP contribution in [0.5, 0.6) is 0 Å². The van der Waals surface area contributed by atoms with Crippen molar-refractivity contribution in [3.05, 3.63) is 23.2 Å². The van der Waals surface area contributed by atoms with Crippen molar-refractivity contribution >= 4 is 31.8 Å². The number of pyridine rings is 1. The van der Waals surface area contributed by atoms with Crippen LogP contribution in [0.2, 0.25) is 23.2 Å². The highest BCUT2D eigenvalue weighted by atomic mass is 35.5. The van der Waals surface area contributed by atoms with Crippen LogP contribution in [0.15, 0.2) is 16.7 Å². The molecule has 0 fully saturated rings. The van der Waals surface area contributed by atoms with E-state index in [0.717, 1.165) is 0 Å². The van der Waals surface area contributed by atoms with Crippen molar-refractivity contribution in [3.63, 3.8) is 0 Å². The molecule has 1 amide bonds. The summed E-state index contributed by atoms with van der Waals surface area (Å²) >= 11 is 6.36. The van der Waals surface area contributed by atoms with Gasteiger partial charge in [0.25, 0.3) is 0 Å². The summed E-state index contributed by atoms with van der Waals surface area (Å²) in [5.74, 6) is 1.17. The molecule has 32 heavy (non-hydrogen) atoms. The maximum absolute atomic E-state index is 11.4. The normalized spacial score (nSPS) is 12.7. The lowest BCUT2D eigenvalue weighted by molar-refractivity contribution is 0.103. The van der Waals surface area contributed by atoms with Crippen LogP contribution in [-0.4, -0.2) is 58.2 Å². The second-order valence-corrected chi connectivity index (χ2v) is 15.4. The number of anilines is 1. The molecule has 0 atom stereocenters. The number of hydrogen-bond acceptors (Lipinski definition) is 7. The fourth-order valence-corrected chi connectivity index (χ4v) is 3.73. The Hall–Kier alpha value is -2.17. The number of nitrogens with one attached hydrogen (secondary N) is 1. The Morgan fingerprint density at radius 1 is 1.25 bits per heavy atom. The lowest BCUT2D eigenvalue weighted by Gasteiger charge is -2.35. The highest BCUT2D eigenvalue weighted by Crippen LogP contribution is 2.37. The topological polar surface area (TPSA) is 114 Å². The Labute approximate surface area is 195 Å². The molecule has 0 unspecified atom stereocenters. The van der Waals surface area contributed by atoms with Crippen LogP contribution in [0.3, 0.4) is 0 Å². The van der Waals surface area contributed by atoms with Gasteiger partial charge in [-0.15, -0.1) is 10.2 Å². The lowest BCUT2D eigenvalue weighted by Crippen LogP contribution is -2.47. The van der Waals surface area contributed by atoms with Crippen LogP contribution >= 0.6 is 11.6 Å². The Morgan fingerprint density at radius 2 is 1.91 bits per heavy atom. The fraction of sp³-hybridized carbons (Fsp3) is 0.619. The van der Waals surface area contributed by atoms with Crippen molar-refractivity contribution in [1.29, 1.82) is 0 Å². The number of carboxylic acid groups (broad SMARTS) is 1. The van der Waals surface area contributed by atoms with Crippen molar-refractivity contribution < 1.29 is 18.7 Å². The molecule has 0 aromatic carbocycles. The molecular weight excluding hydrogens is 450 g/mol. The Balaban J connectivity index is 2.01. The molecule has 2 N–H and O–H groups in total. The van der Waals surface area contributed by atoms with Crippen LogP contribution in [0.1, 0.15) is 47.4 Å². The van der Waals surface area contributed by atoms with E-state index >= 15 is 0 Å². The smallest absolute Gasteiger partial charge is 0.407 e. The summed E-state index contributed by atoms with van der Waals surface area (Å²) in [5, 5.41) is 21.1. The van der Waals surface area contributed by atoms with Gasteiger partial charge in [-0.1, -0.05) is 32.4 Å². The van der Waals surface area contributed by atoms with Crippen LogP contribution in [0.25, 0.3) is 11.5 Å². The summed E-state index contributed by atoms with van der Waals surface area (Å²) in [4.78, 5) is 17.1. The molecule has 178 valence electrons. The van der Waals surface area contributed by atoms with E-state index in [4.69, 9.17) is 20.4 Å². The van der Waals surface area contributed by atoms with E-state index in [9.17, 15) is 9.90 Å². The van der Waals surface area contributed by atoms with E-state index in [1.807, 2.05) is 20.8 Å². The quantitative estimate of drug-likeness (QED) is 0.473. The number of aromatic nitrogens is 3. The monoisotopic (exact) mass is 483 g/mol. The van der Waals surface area contributed by atoms with E-state index in [2.05, 4.69) is 54.4 Å². The molecule has 2 aromatic rings. The first-order valence-corrected chi connectivity index (χ1v) is 13.8. The average Bonchev–Trinajstić information content (AvgIpc) is 3.11. The molecule has 2 aromatic heterocycles. The van der Waals surface area contributed by atoms with E-state index in [0.29, 0.717) is 41.3 Å². The largest absolute Gasteiger partial charge is 0.465 e. The third-order valence-corrected chi connectivity index (χ3v) is 10.4. The summed E-state index contributed by atoms with van der Waals surface area (Å²) in [5.41, 5.74) is 0.0898. The highest BCUT2D eigenvalue weighted by molar-refractivity contribution is 6.74. The predicted octanol–water partition coefficient (Wildman–Crippen LogP) is 5.50. The molecule has 0 saturated carbocycles. The van der Waals surface area contributed by atoms with Crippen LogP contribution in [-0.2, 0) is 11.0 Å². The minimum Gasteiger partial charge on any atom is -0.465 e. The fourth-order valence-electron chi connectivity index (χ4n) is 2.58. The summed E-state index contributed by atoms with van der Waals surface area (Å²) in [6.07, 6.45) is 0.609. The van der Waals surface area contributed by atoms with Crippen molar-refractivity contribution in [2.45, 2.75) is 71.8 Å². The summed E-state index contributed by atoms with van der Waals surface area (Å²) in [7, 11) is -1.92. The van der Waals surface area contributed by atoms with E-state index < -0.39 is 19.9 Å². The van der Waals surface area contributed by atoms with Crippen molar-refractivity contribution in [1.82, 2.24) is 20.1 Å². The second kappa shape index (κ2) is 9.76. The van der Waals surface area contributed by atoms with Gasteiger partial charge in [-0.05, 0) is 45.0 Å². The number of rotatable bonds is 8. The number of halogens is 1. The van der Waals surface area contributed by atoms with Gasteiger partial charge < -0.3 is 24.2 Å². The van der Waals surface area contributed by atoms with Gasteiger partial charge in [0.1, 0.15) is 12.4 Å². The molecule has 9 nitrogen and oxygen atoms in total. The van der Waals surface area contributed by atoms with Gasteiger partial charge in [-0.3, -0.25) is 0 Å². The summed E-state index contributed by atoms with van der Waals surface area (Å²) in [6, 6.07) is 1.68. The second-order valence-electron chi connectivity index (χ2n) is 10.1. The van der Waals surface area contributed by atoms with Gasteiger partial charge in [-0.25, -0.2) is 9.78 Å².